The van der Waals surface area contributed by atoms with Gasteiger partial charge in [-0.2, -0.15) is 0 Å². The van der Waals surface area contributed by atoms with Crippen molar-refractivity contribution in [3.05, 3.63) is 51.6 Å². The number of aromatic nitrogens is 1. The minimum absolute atomic E-state index is 0.675. The van der Waals surface area contributed by atoms with Gasteiger partial charge in [0.2, 0.25) is 0 Å². The van der Waals surface area contributed by atoms with Crippen molar-refractivity contribution < 1.29 is 0 Å². The standard InChI is InChI=1S/C13H12BrClN2S/c1-16-8-9-4-5-12(10(14)7-9)18-13-11(15)3-2-6-17-13/h2-7,16H,8H2,1H3. The summed E-state index contributed by atoms with van der Waals surface area (Å²) in [6, 6.07) is 9.96. The van der Waals surface area contributed by atoms with E-state index in [1.165, 1.54) is 5.56 Å². The molecule has 2 nitrogen and oxygen atoms in total. The number of pyridine rings is 1. The average molecular weight is 344 g/mol. The molecule has 5 heteroatoms. The Kier molecular flexibility index (Phi) is 5.06. The van der Waals surface area contributed by atoms with Gasteiger partial charge in [-0.05, 0) is 52.8 Å². The van der Waals surface area contributed by atoms with Crippen molar-refractivity contribution in [2.24, 2.45) is 0 Å². The zero-order chi connectivity index (χ0) is 13.0. The van der Waals surface area contributed by atoms with Gasteiger partial charge in [0.05, 0.1) is 5.02 Å². The van der Waals surface area contributed by atoms with Crippen LogP contribution < -0.4 is 5.32 Å². The van der Waals surface area contributed by atoms with E-state index in [1.54, 1.807) is 18.0 Å². The molecule has 0 aliphatic heterocycles. The van der Waals surface area contributed by atoms with Crippen molar-refractivity contribution in [2.75, 3.05) is 7.05 Å². The normalized spacial score (nSPS) is 10.6. The Morgan fingerprint density at radius 1 is 1.39 bits per heavy atom. The second-order valence-corrected chi connectivity index (χ2v) is 5.98. The van der Waals surface area contributed by atoms with Crippen LogP contribution >= 0.6 is 39.3 Å². The molecule has 2 rings (SSSR count). The molecule has 0 spiro atoms. The maximum atomic E-state index is 6.10. The molecular formula is C13H12BrClN2S. The summed E-state index contributed by atoms with van der Waals surface area (Å²) in [7, 11) is 1.93. The number of rotatable bonds is 4. The summed E-state index contributed by atoms with van der Waals surface area (Å²) in [5.41, 5.74) is 1.24. The van der Waals surface area contributed by atoms with Gasteiger partial charge in [-0.1, -0.05) is 29.4 Å². The lowest BCUT2D eigenvalue weighted by Crippen LogP contribution is -2.04. The molecule has 1 aromatic heterocycles. The number of hydrogen-bond acceptors (Lipinski definition) is 3. The van der Waals surface area contributed by atoms with Crippen molar-refractivity contribution in [1.29, 1.82) is 0 Å². The lowest BCUT2D eigenvalue weighted by atomic mass is 10.2. The number of halogens is 2. The van der Waals surface area contributed by atoms with Gasteiger partial charge in [0.25, 0.3) is 0 Å². The Morgan fingerprint density at radius 3 is 2.89 bits per heavy atom. The lowest BCUT2D eigenvalue weighted by Gasteiger charge is -2.07. The molecule has 1 heterocycles. The minimum atomic E-state index is 0.675. The maximum Gasteiger partial charge on any atom is 0.119 e. The van der Waals surface area contributed by atoms with Crippen molar-refractivity contribution >= 4 is 39.3 Å². The van der Waals surface area contributed by atoms with Crippen molar-refractivity contribution in [3.63, 3.8) is 0 Å². The van der Waals surface area contributed by atoms with Crippen molar-refractivity contribution in [2.45, 2.75) is 16.5 Å². The molecule has 1 N–H and O–H groups in total. The van der Waals surface area contributed by atoms with E-state index in [-0.39, 0.29) is 0 Å². The first-order valence-electron chi connectivity index (χ1n) is 5.42. The van der Waals surface area contributed by atoms with Crippen molar-refractivity contribution in [3.8, 4) is 0 Å². The summed E-state index contributed by atoms with van der Waals surface area (Å²) < 4.78 is 1.06. The predicted octanol–water partition coefficient (Wildman–Crippen LogP) is 4.37. The second-order valence-electron chi connectivity index (χ2n) is 3.69. The van der Waals surface area contributed by atoms with E-state index in [0.29, 0.717) is 5.02 Å². The predicted molar refractivity (Wildman–Crippen MR) is 80.3 cm³/mol. The van der Waals surface area contributed by atoms with Gasteiger partial charge in [0.15, 0.2) is 0 Å². The monoisotopic (exact) mass is 342 g/mol. The first kappa shape index (κ1) is 13.9. The summed E-state index contributed by atoms with van der Waals surface area (Å²) in [5, 5.41) is 4.62. The Bertz CT molecular complexity index is 548. The van der Waals surface area contributed by atoms with Gasteiger partial charge in [0, 0.05) is 22.1 Å². The van der Waals surface area contributed by atoms with Gasteiger partial charge in [-0.25, -0.2) is 4.98 Å². The number of hydrogen-bond donors (Lipinski definition) is 1. The molecule has 0 aliphatic rings. The highest BCUT2D eigenvalue weighted by molar-refractivity contribution is 9.10. The van der Waals surface area contributed by atoms with E-state index in [2.05, 4.69) is 44.4 Å². The Hall–Kier alpha value is -0.550. The van der Waals surface area contributed by atoms with E-state index in [1.807, 2.05) is 19.2 Å². The molecule has 94 valence electrons. The highest BCUT2D eigenvalue weighted by atomic mass is 79.9. The zero-order valence-electron chi connectivity index (χ0n) is 9.78. The maximum absolute atomic E-state index is 6.10. The third-order valence-electron chi connectivity index (χ3n) is 2.31. The highest BCUT2D eigenvalue weighted by Gasteiger charge is 2.07. The fraction of sp³-hybridized carbons (Fsp3) is 0.154. The van der Waals surface area contributed by atoms with Crippen LogP contribution in [0, 0.1) is 0 Å². The topological polar surface area (TPSA) is 24.9 Å². The number of nitrogens with zero attached hydrogens (tertiary/aromatic N) is 1. The molecule has 18 heavy (non-hydrogen) atoms. The summed E-state index contributed by atoms with van der Waals surface area (Å²) in [6.07, 6.45) is 1.75. The fourth-order valence-electron chi connectivity index (χ4n) is 1.49. The van der Waals surface area contributed by atoms with E-state index in [0.717, 1.165) is 20.9 Å². The van der Waals surface area contributed by atoms with Crippen LogP contribution in [0.15, 0.2) is 50.9 Å². The molecule has 0 atom stereocenters. The molecule has 1 aromatic carbocycles. The van der Waals surface area contributed by atoms with Crippen LogP contribution in [0.2, 0.25) is 5.02 Å². The van der Waals surface area contributed by atoms with E-state index < -0.39 is 0 Å². The van der Waals surface area contributed by atoms with Crippen LogP contribution in [0.1, 0.15) is 5.56 Å². The first-order valence-corrected chi connectivity index (χ1v) is 7.41. The van der Waals surface area contributed by atoms with Crippen LogP contribution in [-0.4, -0.2) is 12.0 Å². The first-order chi connectivity index (χ1) is 8.70. The van der Waals surface area contributed by atoms with Crippen LogP contribution in [0.25, 0.3) is 0 Å². The van der Waals surface area contributed by atoms with Gasteiger partial charge in [-0.15, -0.1) is 0 Å². The van der Waals surface area contributed by atoms with E-state index in [4.69, 9.17) is 11.6 Å². The SMILES string of the molecule is CNCc1ccc(Sc2ncccc2Cl)c(Br)c1. The minimum Gasteiger partial charge on any atom is -0.316 e. The fourth-order valence-corrected chi connectivity index (χ4v) is 3.18. The molecular weight excluding hydrogens is 332 g/mol. The molecule has 0 aliphatic carbocycles. The van der Waals surface area contributed by atoms with Gasteiger partial charge in [0.1, 0.15) is 5.03 Å². The smallest absolute Gasteiger partial charge is 0.119 e. The second kappa shape index (κ2) is 6.57. The van der Waals surface area contributed by atoms with Crippen molar-refractivity contribution in [1.82, 2.24) is 10.3 Å². The summed E-state index contributed by atoms with van der Waals surface area (Å²) in [6.45, 7) is 0.855. The summed E-state index contributed by atoms with van der Waals surface area (Å²) in [4.78, 5) is 5.38. The zero-order valence-corrected chi connectivity index (χ0v) is 12.9. The largest absolute Gasteiger partial charge is 0.316 e. The van der Waals surface area contributed by atoms with Crippen LogP contribution in [0.3, 0.4) is 0 Å². The Balaban J connectivity index is 2.22. The number of benzene rings is 1. The molecule has 0 saturated heterocycles. The number of nitrogens with one attached hydrogen (secondary N) is 1. The molecule has 0 bridgehead atoms. The van der Waals surface area contributed by atoms with E-state index in [9.17, 15) is 0 Å². The molecule has 0 saturated carbocycles. The van der Waals surface area contributed by atoms with Crippen LogP contribution in [-0.2, 0) is 6.54 Å². The highest BCUT2D eigenvalue weighted by Crippen LogP contribution is 2.36. The summed E-state index contributed by atoms with van der Waals surface area (Å²) >= 11 is 11.2. The summed E-state index contributed by atoms with van der Waals surface area (Å²) in [5.74, 6) is 0. The molecule has 0 amide bonds. The third-order valence-corrected chi connectivity index (χ3v) is 4.74. The van der Waals surface area contributed by atoms with Crippen LogP contribution in [0.5, 0.6) is 0 Å². The molecule has 0 radical (unpaired) electrons. The van der Waals surface area contributed by atoms with E-state index >= 15 is 0 Å². The molecule has 0 fully saturated rings. The van der Waals surface area contributed by atoms with Crippen LogP contribution in [0.4, 0.5) is 0 Å². The Morgan fingerprint density at radius 2 is 2.22 bits per heavy atom. The average Bonchev–Trinajstić information content (AvgIpc) is 2.35. The molecule has 2 aromatic rings. The molecule has 0 unspecified atom stereocenters. The quantitative estimate of drug-likeness (QED) is 0.892. The Labute approximate surface area is 124 Å². The van der Waals surface area contributed by atoms with Gasteiger partial charge in [-0.3, -0.25) is 0 Å². The van der Waals surface area contributed by atoms with Gasteiger partial charge >= 0.3 is 0 Å². The third kappa shape index (κ3) is 3.48. The van der Waals surface area contributed by atoms with Gasteiger partial charge < -0.3 is 5.32 Å². The lowest BCUT2D eigenvalue weighted by molar-refractivity contribution is 0.816.